The summed E-state index contributed by atoms with van der Waals surface area (Å²) in [5, 5.41) is 0.978. The Kier molecular flexibility index (Phi) is 6.61. The highest BCUT2D eigenvalue weighted by Crippen LogP contribution is 2.23. The molecule has 100 valence electrons. The average molecular weight is 295 g/mol. The van der Waals surface area contributed by atoms with Gasteiger partial charge in [0, 0.05) is 12.8 Å². The molecule has 1 nitrogen and oxygen atoms in total. The molecule has 0 aliphatic rings. The predicted octanol–water partition coefficient (Wildman–Crippen LogP) is 5.18. The lowest BCUT2D eigenvalue weighted by atomic mass is 10.0. The summed E-state index contributed by atoms with van der Waals surface area (Å²) in [6, 6.07) is 5.26. The second-order valence-electron chi connectivity index (χ2n) is 4.15. The summed E-state index contributed by atoms with van der Waals surface area (Å²) >= 11 is 11.7. The van der Waals surface area contributed by atoms with Crippen molar-refractivity contribution in [2.75, 3.05) is 0 Å². The molecule has 0 spiro atoms. The van der Waals surface area contributed by atoms with Crippen molar-refractivity contribution in [1.29, 1.82) is 0 Å². The standard InChI is InChI=1S/C16H16Cl2O/c1-3-5-12(4-2)6-8-14(19)10-13-7-9-15(17)16(18)11-13/h3-5,7,9,11H,1-2,6,8,10H2/b12-5+. The second-order valence-corrected chi connectivity index (χ2v) is 4.96. The normalized spacial score (nSPS) is 11.2. The molecule has 0 amide bonds. The van der Waals surface area contributed by atoms with Crippen molar-refractivity contribution < 1.29 is 4.79 Å². The Labute approximate surface area is 124 Å². The smallest absolute Gasteiger partial charge is 0.137 e. The Bertz CT molecular complexity index is 515. The highest BCUT2D eigenvalue weighted by Gasteiger charge is 2.06. The summed E-state index contributed by atoms with van der Waals surface area (Å²) in [4.78, 5) is 11.9. The van der Waals surface area contributed by atoms with E-state index in [0.717, 1.165) is 11.1 Å². The van der Waals surface area contributed by atoms with Crippen molar-refractivity contribution in [3.05, 3.63) is 70.8 Å². The van der Waals surface area contributed by atoms with Crippen LogP contribution >= 0.6 is 23.2 Å². The van der Waals surface area contributed by atoms with Crippen molar-refractivity contribution >= 4 is 29.0 Å². The minimum absolute atomic E-state index is 0.162. The summed E-state index contributed by atoms with van der Waals surface area (Å²) < 4.78 is 0. The minimum Gasteiger partial charge on any atom is -0.299 e. The molecule has 0 fully saturated rings. The molecule has 0 bridgehead atoms. The van der Waals surface area contributed by atoms with Gasteiger partial charge in [0.25, 0.3) is 0 Å². The monoisotopic (exact) mass is 294 g/mol. The first-order chi connectivity index (χ1) is 9.06. The van der Waals surface area contributed by atoms with Gasteiger partial charge < -0.3 is 0 Å². The average Bonchev–Trinajstić information content (AvgIpc) is 2.39. The van der Waals surface area contributed by atoms with Gasteiger partial charge in [0.05, 0.1) is 10.0 Å². The van der Waals surface area contributed by atoms with E-state index in [2.05, 4.69) is 13.2 Å². The molecular formula is C16H16Cl2O. The van der Waals surface area contributed by atoms with Crippen molar-refractivity contribution in [2.45, 2.75) is 19.3 Å². The van der Waals surface area contributed by atoms with Crippen molar-refractivity contribution in [3.8, 4) is 0 Å². The van der Waals surface area contributed by atoms with Gasteiger partial charge in [0.15, 0.2) is 0 Å². The van der Waals surface area contributed by atoms with Crippen LogP contribution in [0.2, 0.25) is 10.0 Å². The van der Waals surface area contributed by atoms with E-state index in [4.69, 9.17) is 23.2 Å². The number of ketones is 1. The molecule has 0 saturated heterocycles. The van der Waals surface area contributed by atoms with Crippen molar-refractivity contribution in [2.24, 2.45) is 0 Å². The lowest BCUT2D eigenvalue weighted by Crippen LogP contribution is -2.02. The summed E-state index contributed by atoms with van der Waals surface area (Å²) in [6.07, 6.45) is 6.82. The minimum atomic E-state index is 0.162. The predicted molar refractivity (Wildman–Crippen MR) is 82.9 cm³/mol. The molecule has 1 rings (SSSR count). The third-order valence-electron chi connectivity index (χ3n) is 2.67. The zero-order valence-corrected chi connectivity index (χ0v) is 12.2. The number of hydrogen-bond acceptors (Lipinski definition) is 1. The molecule has 0 unspecified atom stereocenters. The molecule has 0 aromatic heterocycles. The fourth-order valence-corrected chi connectivity index (χ4v) is 1.97. The van der Waals surface area contributed by atoms with E-state index in [1.807, 2.05) is 12.1 Å². The molecular weight excluding hydrogens is 279 g/mol. The van der Waals surface area contributed by atoms with Gasteiger partial charge in [-0.1, -0.05) is 60.7 Å². The lowest BCUT2D eigenvalue weighted by molar-refractivity contribution is -0.118. The van der Waals surface area contributed by atoms with E-state index in [-0.39, 0.29) is 5.78 Å². The first-order valence-electron chi connectivity index (χ1n) is 5.96. The summed E-state index contributed by atoms with van der Waals surface area (Å²) in [7, 11) is 0. The van der Waals surface area contributed by atoms with Crippen LogP contribution in [0.4, 0.5) is 0 Å². The third kappa shape index (κ3) is 5.46. The van der Waals surface area contributed by atoms with Crippen LogP contribution in [0.25, 0.3) is 0 Å². The zero-order chi connectivity index (χ0) is 14.3. The van der Waals surface area contributed by atoms with Crippen LogP contribution in [0.5, 0.6) is 0 Å². The highest BCUT2D eigenvalue weighted by molar-refractivity contribution is 6.42. The molecule has 0 saturated carbocycles. The summed E-state index contributed by atoms with van der Waals surface area (Å²) in [5.74, 6) is 0.162. The van der Waals surface area contributed by atoms with Crippen LogP contribution in [0.3, 0.4) is 0 Å². The molecule has 0 aliphatic heterocycles. The van der Waals surface area contributed by atoms with Gasteiger partial charge in [-0.05, 0) is 29.7 Å². The maximum atomic E-state index is 11.9. The number of rotatable bonds is 7. The van der Waals surface area contributed by atoms with Crippen LogP contribution < -0.4 is 0 Å². The van der Waals surface area contributed by atoms with Gasteiger partial charge in [-0.3, -0.25) is 4.79 Å². The number of hydrogen-bond donors (Lipinski definition) is 0. The first kappa shape index (κ1) is 15.7. The number of Topliss-reactive ketones (excluding diaryl/α,β-unsaturated/α-hetero) is 1. The maximum absolute atomic E-state index is 11.9. The van der Waals surface area contributed by atoms with Crippen LogP contribution in [0.15, 0.2) is 55.2 Å². The quantitative estimate of drug-likeness (QED) is 0.633. The Balaban J connectivity index is 2.55. The Morgan fingerprint density at radius 2 is 1.89 bits per heavy atom. The molecule has 1 aromatic rings. The summed E-state index contributed by atoms with van der Waals surface area (Å²) in [5.41, 5.74) is 1.89. The zero-order valence-electron chi connectivity index (χ0n) is 10.7. The fraction of sp³-hybridized carbons (Fsp3) is 0.188. The number of carbonyl (C=O) groups excluding carboxylic acids is 1. The van der Waals surface area contributed by atoms with Gasteiger partial charge in [0.2, 0.25) is 0 Å². The number of benzene rings is 1. The SMILES string of the molecule is C=C/C=C(\C=C)CCC(=O)Cc1ccc(Cl)c(Cl)c1. The number of halogens is 2. The first-order valence-corrected chi connectivity index (χ1v) is 6.72. The van der Waals surface area contributed by atoms with Crippen LogP contribution in [-0.4, -0.2) is 5.78 Å². The van der Waals surface area contributed by atoms with Crippen LogP contribution in [0, 0.1) is 0 Å². The van der Waals surface area contributed by atoms with Crippen LogP contribution in [0.1, 0.15) is 18.4 Å². The second kappa shape index (κ2) is 7.98. The van der Waals surface area contributed by atoms with E-state index >= 15 is 0 Å². The van der Waals surface area contributed by atoms with Gasteiger partial charge in [0.1, 0.15) is 5.78 Å². The molecule has 0 N–H and O–H groups in total. The topological polar surface area (TPSA) is 17.1 Å². The lowest BCUT2D eigenvalue weighted by Gasteiger charge is -2.04. The molecule has 3 heteroatoms. The molecule has 19 heavy (non-hydrogen) atoms. The summed E-state index contributed by atoms with van der Waals surface area (Å²) in [6.45, 7) is 7.33. The van der Waals surface area contributed by atoms with Crippen LogP contribution in [-0.2, 0) is 11.2 Å². The molecule has 0 heterocycles. The van der Waals surface area contributed by atoms with Gasteiger partial charge in [-0.15, -0.1) is 0 Å². The van der Waals surface area contributed by atoms with Gasteiger partial charge >= 0.3 is 0 Å². The number of carbonyl (C=O) groups is 1. The fourth-order valence-electron chi connectivity index (χ4n) is 1.65. The maximum Gasteiger partial charge on any atom is 0.137 e. The van der Waals surface area contributed by atoms with Crippen molar-refractivity contribution in [3.63, 3.8) is 0 Å². The van der Waals surface area contributed by atoms with Gasteiger partial charge in [-0.2, -0.15) is 0 Å². The molecule has 0 aliphatic carbocycles. The molecule has 0 radical (unpaired) electrons. The van der Waals surface area contributed by atoms with E-state index in [0.29, 0.717) is 29.3 Å². The highest BCUT2D eigenvalue weighted by atomic mass is 35.5. The Morgan fingerprint density at radius 3 is 2.47 bits per heavy atom. The van der Waals surface area contributed by atoms with Gasteiger partial charge in [-0.25, -0.2) is 0 Å². The van der Waals surface area contributed by atoms with E-state index in [1.54, 1.807) is 24.3 Å². The molecule has 1 aromatic carbocycles. The largest absolute Gasteiger partial charge is 0.299 e. The van der Waals surface area contributed by atoms with E-state index in [1.165, 1.54) is 0 Å². The Morgan fingerprint density at radius 1 is 1.16 bits per heavy atom. The molecule has 0 atom stereocenters. The third-order valence-corrected chi connectivity index (χ3v) is 3.41. The Hall–Kier alpha value is -1.31. The number of allylic oxidation sites excluding steroid dienone is 4. The van der Waals surface area contributed by atoms with E-state index < -0.39 is 0 Å². The van der Waals surface area contributed by atoms with Crippen molar-refractivity contribution in [1.82, 2.24) is 0 Å². The van der Waals surface area contributed by atoms with E-state index in [9.17, 15) is 4.79 Å².